The van der Waals surface area contributed by atoms with Gasteiger partial charge in [-0.1, -0.05) is 61.2 Å². The molecule has 0 saturated heterocycles. The molecule has 2 aromatic carbocycles. The molecule has 1 heterocycles. The van der Waals surface area contributed by atoms with Crippen molar-refractivity contribution < 1.29 is 4.79 Å². The molecule has 0 N–H and O–H groups in total. The first kappa shape index (κ1) is 13.5. The van der Waals surface area contributed by atoms with Crippen LogP contribution in [-0.4, -0.2) is 15.2 Å². The molecule has 0 atom stereocenters. The highest BCUT2D eigenvalue weighted by molar-refractivity contribution is 8.45. The molecule has 1 aliphatic rings. The molecule has 100 valence electrons. The number of benzene rings is 2. The van der Waals surface area contributed by atoms with Crippen LogP contribution in [0.3, 0.4) is 0 Å². The minimum Gasteiger partial charge on any atom is -0.279 e. The Morgan fingerprint density at radius 3 is 2.85 bits per heavy atom. The van der Waals surface area contributed by atoms with Crippen molar-refractivity contribution in [2.75, 3.05) is 5.75 Å². The van der Waals surface area contributed by atoms with Gasteiger partial charge in [-0.2, -0.15) is 0 Å². The molecule has 0 amide bonds. The largest absolute Gasteiger partial charge is 0.279 e. The number of thioether (sulfide) groups is 2. The molecule has 3 rings (SSSR count). The first-order chi connectivity index (χ1) is 9.78. The van der Waals surface area contributed by atoms with Crippen LogP contribution in [0, 0.1) is 0 Å². The van der Waals surface area contributed by atoms with Crippen LogP contribution in [0.2, 0.25) is 0 Å². The summed E-state index contributed by atoms with van der Waals surface area (Å²) in [7, 11) is 0. The highest BCUT2D eigenvalue weighted by Crippen LogP contribution is 2.31. The maximum atomic E-state index is 12.0. The molecule has 0 bridgehead atoms. The maximum Gasteiger partial charge on any atom is 0.244 e. The lowest BCUT2D eigenvalue weighted by Gasteiger charge is -2.01. The van der Waals surface area contributed by atoms with Crippen LogP contribution < -0.4 is 0 Å². The lowest BCUT2D eigenvalue weighted by molar-refractivity contribution is -0.107. The molecule has 2 aromatic rings. The van der Waals surface area contributed by atoms with Crippen molar-refractivity contribution in [2.24, 2.45) is 4.99 Å². The van der Waals surface area contributed by atoms with Crippen molar-refractivity contribution in [2.45, 2.75) is 6.92 Å². The van der Waals surface area contributed by atoms with Crippen molar-refractivity contribution in [1.29, 1.82) is 0 Å². The molecule has 1 aliphatic heterocycles. The lowest BCUT2D eigenvalue weighted by Crippen LogP contribution is -1.88. The van der Waals surface area contributed by atoms with E-state index in [9.17, 15) is 4.79 Å². The van der Waals surface area contributed by atoms with E-state index in [4.69, 9.17) is 0 Å². The van der Waals surface area contributed by atoms with Crippen LogP contribution in [0.1, 0.15) is 12.5 Å². The standard InChI is InChI=1S/C16H13NOS2/c1-2-19-16-17-14(15(18)20-16)10-12-8-5-7-11-6-3-4-9-13(11)12/h3-10H,2H2,1H3/b14-10-. The Morgan fingerprint density at radius 1 is 1.20 bits per heavy atom. The van der Waals surface area contributed by atoms with E-state index in [1.165, 1.54) is 17.1 Å². The van der Waals surface area contributed by atoms with E-state index in [0.29, 0.717) is 5.70 Å². The van der Waals surface area contributed by atoms with Gasteiger partial charge >= 0.3 is 0 Å². The molecular formula is C16H13NOS2. The van der Waals surface area contributed by atoms with E-state index in [1.807, 2.05) is 30.3 Å². The van der Waals surface area contributed by atoms with E-state index >= 15 is 0 Å². The van der Waals surface area contributed by atoms with Gasteiger partial charge in [-0.05, 0) is 39.9 Å². The Bertz CT molecular complexity index is 729. The van der Waals surface area contributed by atoms with Gasteiger partial charge in [-0.3, -0.25) is 4.79 Å². The monoisotopic (exact) mass is 299 g/mol. The topological polar surface area (TPSA) is 29.4 Å². The molecule has 0 radical (unpaired) electrons. The fourth-order valence-corrected chi connectivity index (χ4v) is 3.84. The average Bonchev–Trinajstić information content (AvgIpc) is 2.80. The van der Waals surface area contributed by atoms with Crippen LogP contribution in [0.5, 0.6) is 0 Å². The molecule has 20 heavy (non-hydrogen) atoms. The third-order valence-electron chi connectivity index (χ3n) is 2.98. The van der Waals surface area contributed by atoms with Gasteiger partial charge in [0.05, 0.1) is 0 Å². The van der Waals surface area contributed by atoms with Gasteiger partial charge in [0.1, 0.15) is 10.1 Å². The van der Waals surface area contributed by atoms with E-state index in [0.717, 1.165) is 21.1 Å². The number of carbonyl (C=O) groups is 1. The van der Waals surface area contributed by atoms with E-state index in [-0.39, 0.29) is 5.12 Å². The molecule has 0 unspecified atom stereocenters. The summed E-state index contributed by atoms with van der Waals surface area (Å²) in [5, 5.41) is 2.35. The highest BCUT2D eigenvalue weighted by atomic mass is 32.2. The quantitative estimate of drug-likeness (QED) is 0.761. The van der Waals surface area contributed by atoms with Gasteiger partial charge in [0, 0.05) is 0 Å². The van der Waals surface area contributed by atoms with Crippen molar-refractivity contribution >= 4 is 49.9 Å². The van der Waals surface area contributed by atoms with E-state index in [1.54, 1.807) is 11.8 Å². The zero-order valence-corrected chi connectivity index (χ0v) is 12.6. The summed E-state index contributed by atoms with van der Waals surface area (Å²) < 4.78 is 0.851. The predicted molar refractivity (Wildman–Crippen MR) is 90.1 cm³/mol. The zero-order valence-electron chi connectivity index (χ0n) is 11.0. The zero-order chi connectivity index (χ0) is 13.9. The normalized spacial score (nSPS) is 16.9. The Labute approximate surface area is 126 Å². The molecule has 2 nitrogen and oxygen atoms in total. The number of aliphatic imine (C=N–C) groups is 1. The van der Waals surface area contributed by atoms with Crippen LogP contribution in [-0.2, 0) is 4.79 Å². The molecule has 0 aliphatic carbocycles. The molecule has 0 fully saturated rings. The molecule has 0 spiro atoms. The third kappa shape index (κ3) is 2.67. The van der Waals surface area contributed by atoms with Crippen LogP contribution in [0.25, 0.3) is 16.8 Å². The Morgan fingerprint density at radius 2 is 2.00 bits per heavy atom. The van der Waals surface area contributed by atoms with Gasteiger partial charge in [-0.15, -0.1) is 0 Å². The summed E-state index contributed by atoms with van der Waals surface area (Å²) in [6, 6.07) is 14.3. The smallest absolute Gasteiger partial charge is 0.244 e. The first-order valence-electron chi connectivity index (χ1n) is 6.41. The Hall–Kier alpha value is -1.52. The Kier molecular flexibility index (Phi) is 3.94. The van der Waals surface area contributed by atoms with Crippen LogP contribution in [0.4, 0.5) is 0 Å². The maximum absolute atomic E-state index is 12.0. The van der Waals surface area contributed by atoms with E-state index < -0.39 is 0 Å². The molecule has 0 aromatic heterocycles. The fourth-order valence-electron chi connectivity index (χ4n) is 2.10. The second-order valence-corrected chi connectivity index (χ2v) is 6.77. The number of fused-ring (bicyclic) bond motifs is 1. The summed E-state index contributed by atoms with van der Waals surface area (Å²) in [6.07, 6.45) is 1.89. The Balaban J connectivity index is 2.04. The minimum atomic E-state index is 0.0360. The first-order valence-corrected chi connectivity index (χ1v) is 8.21. The number of carbonyl (C=O) groups excluding carboxylic acids is 1. The summed E-state index contributed by atoms with van der Waals surface area (Å²) in [6.45, 7) is 2.06. The van der Waals surface area contributed by atoms with Gasteiger partial charge in [0.2, 0.25) is 5.12 Å². The van der Waals surface area contributed by atoms with Gasteiger partial charge < -0.3 is 0 Å². The van der Waals surface area contributed by atoms with Crippen molar-refractivity contribution in [1.82, 2.24) is 0 Å². The van der Waals surface area contributed by atoms with Crippen LogP contribution in [0.15, 0.2) is 53.2 Å². The third-order valence-corrected chi connectivity index (χ3v) is 4.88. The lowest BCUT2D eigenvalue weighted by atomic mass is 10.0. The number of hydrogen-bond donors (Lipinski definition) is 0. The predicted octanol–water partition coefficient (Wildman–Crippen LogP) is 4.56. The van der Waals surface area contributed by atoms with Crippen molar-refractivity contribution in [3.05, 3.63) is 53.7 Å². The molecule has 4 heteroatoms. The number of hydrogen-bond acceptors (Lipinski definition) is 4. The number of nitrogens with zero attached hydrogens (tertiary/aromatic N) is 1. The average molecular weight is 299 g/mol. The molecular weight excluding hydrogens is 286 g/mol. The number of rotatable bonds is 2. The summed E-state index contributed by atoms with van der Waals surface area (Å²) in [4.78, 5) is 16.4. The van der Waals surface area contributed by atoms with Gasteiger partial charge in [0.15, 0.2) is 0 Å². The molecule has 0 saturated carbocycles. The van der Waals surface area contributed by atoms with Gasteiger partial charge in [0.25, 0.3) is 0 Å². The second kappa shape index (κ2) is 5.85. The summed E-state index contributed by atoms with van der Waals surface area (Å²) in [5.74, 6) is 0.931. The SMILES string of the molecule is CCSC1=N/C(=C\c2cccc3ccccc23)C(=O)S1. The van der Waals surface area contributed by atoms with E-state index in [2.05, 4.69) is 30.1 Å². The summed E-state index contributed by atoms with van der Waals surface area (Å²) in [5.41, 5.74) is 1.58. The van der Waals surface area contributed by atoms with Crippen molar-refractivity contribution in [3.8, 4) is 0 Å². The van der Waals surface area contributed by atoms with Crippen LogP contribution >= 0.6 is 23.5 Å². The minimum absolute atomic E-state index is 0.0360. The highest BCUT2D eigenvalue weighted by Gasteiger charge is 2.22. The fraction of sp³-hybridized carbons (Fsp3) is 0.125. The second-order valence-electron chi connectivity index (χ2n) is 4.30. The van der Waals surface area contributed by atoms with Crippen molar-refractivity contribution in [3.63, 3.8) is 0 Å². The van der Waals surface area contributed by atoms with Gasteiger partial charge in [-0.25, -0.2) is 4.99 Å². The summed E-state index contributed by atoms with van der Waals surface area (Å²) >= 11 is 2.84.